The van der Waals surface area contributed by atoms with Gasteiger partial charge in [-0.2, -0.15) is 0 Å². The second-order valence-corrected chi connectivity index (χ2v) is 14.2. The Hall–Kier alpha value is -5.70. The second kappa shape index (κ2) is 11.2. The largest absolute Gasteiger partial charge is 0.310 e. The molecular weight excluding hydrogens is 611 g/mol. The van der Waals surface area contributed by atoms with Crippen LogP contribution in [-0.2, 0) is 5.41 Å². The first kappa shape index (κ1) is 28.3. The molecule has 0 spiro atoms. The first-order valence-electron chi connectivity index (χ1n) is 17.2. The Morgan fingerprint density at radius 3 is 2.20 bits per heavy atom. The molecule has 1 unspecified atom stereocenters. The maximum atomic E-state index is 2.49. The van der Waals surface area contributed by atoms with Crippen molar-refractivity contribution in [2.24, 2.45) is 0 Å². The van der Waals surface area contributed by atoms with Gasteiger partial charge in [0.1, 0.15) is 0 Å². The van der Waals surface area contributed by atoms with Crippen LogP contribution in [0.1, 0.15) is 35.1 Å². The molecule has 232 valence electrons. The molecule has 1 atom stereocenters. The summed E-state index contributed by atoms with van der Waals surface area (Å²) in [4.78, 5) is 2.41. The number of benzene rings is 7. The van der Waals surface area contributed by atoms with Crippen molar-refractivity contribution in [1.82, 2.24) is 0 Å². The van der Waals surface area contributed by atoms with E-state index in [0.29, 0.717) is 0 Å². The summed E-state index contributed by atoms with van der Waals surface area (Å²) >= 11 is 1.90. The smallest absolute Gasteiger partial charge is 0.0710 e. The van der Waals surface area contributed by atoms with Gasteiger partial charge in [0, 0.05) is 36.9 Å². The van der Waals surface area contributed by atoms with Gasteiger partial charge in [-0.15, -0.1) is 11.3 Å². The van der Waals surface area contributed by atoms with Crippen LogP contribution in [0.4, 0.5) is 17.1 Å². The standard InChI is InChI=1S/C47H33NS/c1-3-16-33(17-4-1)47(42-23-11-9-21-38(42)39-22-10-12-24-43(39)47)34-26-28-40-41-31-36(27-29-45(41)49-46(40)30-34)48(35-18-5-2-6-19-35)44-25-13-15-32-14-7-8-20-37(32)44/h1-9,11-21,23-31H,10,22H2. The lowest BCUT2D eigenvalue weighted by Crippen LogP contribution is -2.29. The van der Waals surface area contributed by atoms with Crippen molar-refractivity contribution in [3.05, 3.63) is 204 Å². The van der Waals surface area contributed by atoms with Gasteiger partial charge < -0.3 is 4.90 Å². The number of para-hydroxylation sites is 1. The second-order valence-electron chi connectivity index (χ2n) is 13.2. The summed E-state index contributed by atoms with van der Waals surface area (Å²) in [5, 5.41) is 5.08. The van der Waals surface area contributed by atoms with E-state index in [9.17, 15) is 0 Å². The summed E-state index contributed by atoms with van der Waals surface area (Å²) in [5.74, 6) is 0. The molecule has 10 rings (SSSR count). The van der Waals surface area contributed by atoms with E-state index in [1.54, 1.807) is 0 Å². The Kier molecular flexibility index (Phi) is 6.47. The Labute approximate surface area is 290 Å². The number of hydrogen-bond donors (Lipinski definition) is 0. The Bertz CT molecular complexity index is 2600. The average molecular weight is 644 g/mol. The molecule has 2 aliphatic carbocycles. The zero-order valence-electron chi connectivity index (χ0n) is 27.0. The highest BCUT2D eigenvalue weighted by molar-refractivity contribution is 7.25. The molecule has 0 fully saturated rings. The van der Waals surface area contributed by atoms with Gasteiger partial charge in [-0.25, -0.2) is 0 Å². The van der Waals surface area contributed by atoms with Crippen LogP contribution in [0.15, 0.2) is 182 Å². The van der Waals surface area contributed by atoms with Gasteiger partial charge >= 0.3 is 0 Å². The molecule has 2 aliphatic rings. The molecule has 2 heteroatoms. The summed E-state index contributed by atoms with van der Waals surface area (Å²) in [7, 11) is 0. The van der Waals surface area contributed by atoms with E-state index in [0.717, 1.165) is 24.2 Å². The monoisotopic (exact) mass is 643 g/mol. The van der Waals surface area contributed by atoms with Crippen molar-refractivity contribution in [1.29, 1.82) is 0 Å². The van der Waals surface area contributed by atoms with E-state index in [1.807, 2.05) is 11.3 Å². The first-order valence-corrected chi connectivity index (χ1v) is 18.0. The number of anilines is 3. The SMILES string of the molecule is C1=CC2=C(CC1)c1ccccc1C2(c1ccccc1)c1ccc2c(c1)sc1ccc(N(c3ccccc3)c3cccc4ccccc34)cc12. The van der Waals surface area contributed by atoms with E-state index < -0.39 is 0 Å². The third-order valence-corrected chi connectivity index (χ3v) is 11.7. The van der Waals surface area contributed by atoms with Crippen LogP contribution >= 0.6 is 11.3 Å². The fourth-order valence-electron chi connectivity index (χ4n) is 8.54. The molecule has 0 saturated carbocycles. The molecule has 0 bridgehead atoms. The van der Waals surface area contributed by atoms with Crippen molar-refractivity contribution >= 4 is 64.9 Å². The number of hydrogen-bond acceptors (Lipinski definition) is 2. The molecule has 49 heavy (non-hydrogen) atoms. The summed E-state index contributed by atoms with van der Waals surface area (Å²) in [6.07, 6.45) is 6.96. The van der Waals surface area contributed by atoms with E-state index >= 15 is 0 Å². The highest BCUT2D eigenvalue weighted by atomic mass is 32.1. The van der Waals surface area contributed by atoms with E-state index in [-0.39, 0.29) is 5.41 Å². The van der Waals surface area contributed by atoms with Crippen molar-refractivity contribution in [3.8, 4) is 0 Å². The minimum atomic E-state index is -0.349. The predicted octanol–water partition coefficient (Wildman–Crippen LogP) is 13.1. The van der Waals surface area contributed by atoms with Gasteiger partial charge in [0.25, 0.3) is 0 Å². The Morgan fingerprint density at radius 2 is 1.31 bits per heavy atom. The molecule has 1 aromatic heterocycles. The first-order chi connectivity index (χ1) is 24.3. The number of rotatable bonds is 5. The van der Waals surface area contributed by atoms with Crippen LogP contribution in [0.2, 0.25) is 0 Å². The summed E-state index contributed by atoms with van der Waals surface area (Å²) < 4.78 is 2.63. The maximum absolute atomic E-state index is 2.49. The highest BCUT2D eigenvalue weighted by Crippen LogP contribution is 2.57. The summed E-state index contributed by atoms with van der Waals surface area (Å²) in [5.41, 5.74) is 11.5. The molecule has 0 saturated heterocycles. The van der Waals surface area contributed by atoms with Crippen molar-refractivity contribution in [2.75, 3.05) is 4.90 Å². The minimum absolute atomic E-state index is 0.349. The van der Waals surface area contributed by atoms with E-state index in [4.69, 9.17) is 0 Å². The van der Waals surface area contributed by atoms with Crippen molar-refractivity contribution in [3.63, 3.8) is 0 Å². The third kappa shape index (κ3) is 4.24. The van der Waals surface area contributed by atoms with Crippen LogP contribution in [-0.4, -0.2) is 0 Å². The van der Waals surface area contributed by atoms with E-state index in [1.165, 1.54) is 70.0 Å². The highest BCUT2D eigenvalue weighted by Gasteiger charge is 2.47. The predicted molar refractivity (Wildman–Crippen MR) is 210 cm³/mol. The van der Waals surface area contributed by atoms with Gasteiger partial charge in [0.2, 0.25) is 0 Å². The van der Waals surface area contributed by atoms with Crippen LogP contribution in [0.25, 0.3) is 36.5 Å². The quantitative estimate of drug-likeness (QED) is 0.180. The molecule has 0 aliphatic heterocycles. The molecule has 0 N–H and O–H groups in total. The lowest BCUT2D eigenvalue weighted by Gasteiger charge is -2.35. The molecule has 0 radical (unpaired) electrons. The number of thiophene rings is 1. The zero-order chi connectivity index (χ0) is 32.4. The van der Waals surface area contributed by atoms with Gasteiger partial charge in [0.15, 0.2) is 0 Å². The fourth-order valence-corrected chi connectivity index (χ4v) is 9.66. The molecule has 1 heterocycles. The Morgan fingerprint density at radius 1 is 0.531 bits per heavy atom. The number of fused-ring (bicyclic) bond motifs is 6. The van der Waals surface area contributed by atoms with Crippen molar-refractivity contribution < 1.29 is 0 Å². The Balaban J connectivity index is 1.18. The van der Waals surface area contributed by atoms with Gasteiger partial charge in [0.05, 0.1) is 11.1 Å². The lowest BCUT2D eigenvalue weighted by molar-refractivity contribution is 0.758. The van der Waals surface area contributed by atoms with Gasteiger partial charge in [-0.3, -0.25) is 0 Å². The maximum Gasteiger partial charge on any atom is 0.0710 e. The number of nitrogens with zero attached hydrogens (tertiary/aromatic N) is 1. The lowest BCUT2D eigenvalue weighted by atomic mass is 9.66. The zero-order valence-corrected chi connectivity index (χ0v) is 27.8. The fraction of sp³-hybridized carbons (Fsp3) is 0.0638. The van der Waals surface area contributed by atoms with Gasteiger partial charge in [-0.05, 0) is 94.1 Å². The van der Waals surface area contributed by atoms with Gasteiger partial charge in [-0.1, -0.05) is 133 Å². The van der Waals surface area contributed by atoms with E-state index in [2.05, 4.69) is 181 Å². The van der Waals surface area contributed by atoms with Crippen LogP contribution in [0.5, 0.6) is 0 Å². The minimum Gasteiger partial charge on any atom is -0.310 e. The summed E-state index contributed by atoms with van der Waals surface area (Å²) in [6.45, 7) is 0. The van der Waals surface area contributed by atoms with Crippen LogP contribution < -0.4 is 4.90 Å². The molecule has 8 aromatic rings. The number of allylic oxidation sites excluding steroid dienone is 4. The average Bonchev–Trinajstić information content (AvgIpc) is 3.69. The van der Waals surface area contributed by atoms with Crippen molar-refractivity contribution in [2.45, 2.75) is 18.3 Å². The topological polar surface area (TPSA) is 3.24 Å². The molecule has 1 nitrogen and oxygen atoms in total. The van der Waals surface area contributed by atoms with Crippen LogP contribution in [0.3, 0.4) is 0 Å². The van der Waals surface area contributed by atoms with Crippen LogP contribution in [0, 0.1) is 0 Å². The molecule has 7 aromatic carbocycles. The normalized spacial score (nSPS) is 16.7. The third-order valence-electron chi connectivity index (χ3n) is 10.6. The molecular formula is C47H33NS. The summed E-state index contributed by atoms with van der Waals surface area (Å²) in [6, 6.07) is 60.6. The molecule has 0 amide bonds.